The molecule has 1 heterocycles. The van der Waals surface area contributed by atoms with Crippen LogP contribution in [-0.2, 0) is 22.5 Å². The number of nitrogens with two attached hydrogens (primary N) is 1. The van der Waals surface area contributed by atoms with Crippen molar-refractivity contribution in [3.63, 3.8) is 0 Å². The van der Waals surface area contributed by atoms with Crippen LogP contribution in [0.3, 0.4) is 0 Å². The Balaban J connectivity index is 2.10. The Bertz CT molecular complexity index is 865. The molecular weight excluding hydrogens is 382 g/mol. The molecule has 5 N–H and O–H groups in total. The lowest BCUT2D eigenvalue weighted by atomic mass is 10.1. The van der Waals surface area contributed by atoms with Crippen LogP contribution in [0.5, 0.6) is 5.75 Å². The Morgan fingerprint density at radius 2 is 2.00 bits per heavy atom. The number of phenols is 1. The van der Waals surface area contributed by atoms with Crippen molar-refractivity contribution < 1.29 is 24.2 Å². The lowest BCUT2D eigenvalue weighted by molar-refractivity contribution is -0.142. The van der Waals surface area contributed by atoms with Gasteiger partial charge in [-0.25, -0.2) is 4.79 Å². The van der Waals surface area contributed by atoms with Crippen molar-refractivity contribution in [2.24, 2.45) is 5.73 Å². The second-order valence-electron chi connectivity index (χ2n) is 5.96. The third-order valence-corrected chi connectivity index (χ3v) is 5.19. The molecule has 0 aliphatic heterocycles. The zero-order chi connectivity index (χ0) is 20.7. The van der Waals surface area contributed by atoms with E-state index in [1.165, 1.54) is 7.11 Å². The molecular formula is C19H23N3O5S. The molecule has 0 radical (unpaired) electrons. The molecule has 9 heteroatoms. The van der Waals surface area contributed by atoms with Crippen molar-refractivity contribution in [1.29, 1.82) is 0 Å². The number of nitrogens with one attached hydrogen (secondary N) is 2. The molecule has 1 aromatic heterocycles. The minimum atomic E-state index is -0.952. The topological polar surface area (TPSA) is 131 Å². The van der Waals surface area contributed by atoms with Gasteiger partial charge in [0, 0.05) is 13.1 Å². The summed E-state index contributed by atoms with van der Waals surface area (Å²) >= 11 is 1.04. The Labute approximate surface area is 166 Å². The molecule has 2 rings (SSSR count). The Morgan fingerprint density at radius 1 is 1.25 bits per heavy atom. The molecule has 0 bridgehead atoms. The molecule has 0 aliphatic rings. The summed E-state index contributed by atoms with van der Waals surface area (Å²) in [6, 6.07) is 7.29. The molecule has 0 fully saturated rings. The highest BCUT2D eigenvalue weighted by Gasteiger charge is 2.24. The summed E-state index contributed by atoms with van der Waals surface area (Å²) in [5.41, 5.74) is 6.96. The lowest BCUT2D eigenvalue weighted by Gasteiger charge is -2.14. The normalized spacial score (nSPS) is 11.5. The first-order valence-electron chi connectivity index (χ1n) is 8.67. The van der Waals surface area contributed by atoms with Gasteiger partial charge in [0.05, 0.1) is 16.9 Å². The molecule has 0 spiro atoms. The van der Waals surface area contributed by atoms with Gasteiger partial charge in [0.15, 0.2) is 0 Å². The smallest absolute Gasteiger partial charge is 0.329 e. The van der Waals surface area contributed by atoms with Crippen molar-refractivity contribution in [2.75, 3.05) is 13.7 Å². The van der Waals surface area contributed by atoms with Crippen LogP contribution in [0.1, 0.15) is 37.4 Å². The highest BCUT2D eigenvalue weighted by molar-refractivity contribution is 7.16. The molecule has 2 amide bonds. The monoisotopic (exact) mass is 405 g/mol. The van der Waals surface area contributed by atoms with Crippen LogP contribution in [0.25, 0.3) is 0 Å². The van der Waals surface area contributed by atoms with Crippen molar-refractivity contribution in [3.8, 4) is 5.75 Å². The van der Waals surface area contributed by atoms with E-state index in [2.05, 4.69) is 15.4 Å². The van der Waals surface area contributed by atoms with Gasteiger partial charge in [-0.1, -0.05) is 19.1 Å². The second kappa shape index (κ2) is 9.86. The number of amides is 2. The molecule has 2 aromatic rings. The van der Waals surface area contributed by atoms with Crippen molar-refractivity contribution in [3.05, 3.63) is 51.2 Å². The molecule has 0 saturated heterocycles. The van der Waals surface area contributed by atoms with Crippen LogP contribution >= 0.6 is 11.3 Å². The Hall–Kier alpha value is -2.91. The van der Waals surface area contributed by atoms with E-state index in [9.17, 15) is 19.5 Å². The van der Waals surface area contributed by atoms with Crippen LogP contribution in [-0.4, -0.2) is 42.6 Å². The fraction of sp³-hybridized carbons (Fsp3) is 0.316. The second-order valence-corrected chi connectivity index (χ2v) is 7.01. The minimum absolute atomic E-state index is 0.0947. The van der Waals surface area contributed by atoms with Gasteiger partial charge in [-0.2, -0.15) is 0 Å². The molecule has 0 unspecified atom stereocenters. The summed E-state index contributed by atoms with van der Waals surface area (Å²) in [6.07, 6.45) is 0.546. The fourth-order valence-electron chi connectivity index (χ4n) is 2.51. The molecule has 28 heavy (non-hydrogen) atoms. The summed E-state index contributed by atoms with van der Waals surface area (Å²) in [4.78, 5) is 37.4. The SMILES string of the molecule is CCc1cc(C(=O)NCc2cccc(O)c2)sc1C(=O)N[C@@H](CN)C(=O)OC. The van der Waals surface area contributed by atoms with Gasteiger partial charge in [0.2, 0.25) is 0 Å². The van der Waals surface area contributed by atoms with Gasteiger partial charge in [0.1, 0.15) is 11.8 Å². The Morgan fingerprint density at radius 3 is 2.61 bits per heavy atom. The van der Waals surface area contributed by atoms with E-state index in [0.717, 1.165) is 16.9 Å². The van der Waals surface area contributed by atoms with Gasteiger partial charge in [-0.15, -0.1) is 11.3 Å². The number of aryl methyl sites for hydroxylation is 1. The molecule has 1 atom stereocenters. The predicted molar refractivity (Wildman–Crippen MR) is 105 cm³/mol. The maximum Gasteiger partial charge on any atom is 0.329 e. The number of hydrogen-bond acceptors (Lipinski definition) is 7. The predicted octanol–water partition coefficient (Wildman–Crippen LogP) is 1.18. The number of esters is 1. The number of methoxy groups -OCH3 is 1. The number of phenolic OH excluding ortho intramolecular Hbond substituents is 1. The van der Waals surface area contributed by atoms with Crippen LogP contribution in [0.2, 0.25) is 0 Å². The average molecular weight is 405 g/mol. The number of hydrogen-bond donors (Lipinski definition) is 4. The summed E-state index contributed by atoms with van der Waals surface area (Å²) in [5, 5.41) is 14.8. The van der Waals surface area contributed by atoms with Gasteiger partial charge < -0.3 is 26.2 Å². The first kappa shape index (κ1) is 21.4. The molecule has 150 valence electrons. The summed E-state index contributed by atoms with van der Waals surface area (Å²) in [6.45, 7) is 2.02. The van der Waals surface area contributed by atoms with Gasteiger partial charge >= 0.3 is 5.97 Å². The van der Waals surface area contributed by atoms with Crippen LogP contribution < -0.4 is 16.4 Å². The van der Waals surface area contributed by atoms with Crippen molar-refractivity contribution in [2.45, 2.75) is 25.9 Å². The van der Waals surface area contributed by atoms with Gasteiger partial charge in [-0.3, -0.25) is 9.59 Å². The van der Waals surface area contributed by atoms with Gasteiger partial charge in [0.25, 0.3) is 11.8 Å². The van der Waals surface area contributed by atoms with E-state index in [4.69, 9.17) is 5.73 Å². The largest absolute Gasteiger partial charge is 0.508 e. The van der Waals surface area contributed by atoms with E-state index >= 15 is 0 Å². The number of rotatable bonds is 8. The van der Waals surface area contributed by atoms with Gasteiger partial charge in [-0.05, 0) is 35.7 Å². The van der Waals surface area contributed by atoms with Crippen LogP contribution in [0, 0.1) is 0 Å². The average Bonchev–Trinajstić information content (AvgIpc) is 3.14. The number of aromatic hydroxyl groups is 1. The van der Waals surface area contributed by atoms with E-state index in [-0.39, 0.29) is 24.7 Å². The quantitative estimate of drug-likeness (QED) is 0.488. The minimum Gasteiger partial charge on any atom is -0.508 e. The fourth-order valence-corrected chi connectivity index (χ4v) is 3.58. The van der Waals surface area contributed by atoms with Crippen molar-refractivity contribution in [1.82, 2.24) is 10.6 Å². The number of ether oxygens (including phenoxy) is 1. The highest BCUT2D eigenvalue weighted by atomic mass is 32.1. The lowest BCUT2D eigenvalue weighted by Crippen LogP contribution is -2.46. The van der Waals surface area contributed by atoms with Crippen LogP contribution in [0.4, 0.5) is 0 Å². The number of benzene rings is 1. The van der Waals surface area contributed by atoms with Crippen LogP contribution in [0.15, 0.2) is 30.3 Å². The number of thiophene rings is 1. The van der Waals surface area contributed by atoms with E-state index < -0.39 is 17.9 Å². The molecule has 1 aromatic carbocycles. The first-order valence-corrected chi connectivity index (χ1v) is 9.48. The first-order chi connectivity index (χ1) is 13.4. The number of carbonyl (C=O) groups excluding carboxylic acids is 3. The summed E-state index contributed by atoms with van der Waals surface area (Å²) in [5.74, 6) is -1.31. The van der Waals surface area contributed by atoms with E-state index in [0.29, 0.717) is 21.7 Å². The standard InChI is InChI=1S/C19H23N3O5S/c1-3-12-8-15(17(24)21-10-11-5-4-6-13(23)7-11)28-16(12)18(25)22-14(9-20)19(26)27-2/h4-8,14,23H,3,9-10,20H2,1-2H3,(H,21,24)(H,22,25)/t14-/m0/s1. The third kappa shape index (κ3) is 5.30. The molecule has 8 nitrogen and oxygen atoms in total. The zero-order valence-electron chi connectivity index (χ0n) is 15.7. The molecule has 0 saturated carbocycles. The number of carbonyl (C=O) groups is 3. The maximum absolute atomic E-state index is 12.5. The Kier molecular flexibility index (Phi) is 7.53. The van der Waals surface area contributed by atoms with Crippen molar-refractivity contribution >= 4 is 29.1 Å². The van der Waals surface area contributed by atoms with E-state index in [1.807, 2.05) is 6.92 Å². The summed E-state index contributed by atoms with van der Waals surface area (Å²) in [7, 11) is 1.22. The van der Waals surface area contributed by atoms with E-state index in [1.54, 1.807) is 30.3 Å². The molecule has 0 aliphatic carbocycles. The highest BCUT2D eigenvalue weighted by Crippen LogP contribution is 2.23. The maximum atomic E-state index is 12.5. The zero-order valence-corrected chi connectivity index (χ0v) is 16.5. The third-order valence-electron chi connectivity index (χ3n) is 4.01. The summed E-state index contributed by atoms with van der Waals surface area (Å²) < 4.78 is 4.61.